The van der Waals surface area contributed by atoms with Crippen molar-refractivity contribution in [2.45, 2.75) is 38.8 Å². The van der Waals surface area contributed by atoms with Crippen LogP contribution in [0.5, 0.6) is 0 Å². The summed E-state index contributed by atoms with van der Waals surface area (Å²) >= 11 is 0. The Morgan fingerprint density at radius 1 is 1.42 bits per heavy atom. The summed E-state index contributed by atoms with van der Waals surface area (Å²) in [7, 11) is 0. The molecule has 0 radical (unpaired) electrons. The van der Waals surface area contributed by atoms with E-state index in [2.05, 4.69) is 15.5 Å². The number of hydrogen-bond donors (Lipinski definition) is 2. The molecule has 2 heterocycles. The van der Waals surface area contributed by atoms with Gasteiger partial charge in [0.25, 0.3) is 5.69 Å². The molecule has 0 saturated carbocycles. The predicted molar refractivity (Wildman–Crippen MR) is 85.1 cm³/mol. The van der Waals surface area contributed by atoms with Crippen LogP contribution in [0.2, 0.25) is 0 Å². The van der Waals surface area contributed by atoms with Gasteiger partial charge in [0.15, 0.2) is 5.82 Å². The first-order chi connectivity index (χ1) is 11.5. The molecule has 0 aliphatic carbocycles. The van der Waals surface area contributed by atoms with Crippen LogP contribution in [0.1, 0.15) is 47.8 Å². The van der Waals surface area contributed by atoms with E-state index in [0.717, 1.165) is 31.6 Å². The van der Waals surface area contributed by atoms with Crippen LogP contribution in [0.4, 0.5) is 11.4 Å². The molecule has 1 aliphatic rings. The summed E-state index contributed by atoms with van der Waals surface area (Å²) < 4.78 is 2.02. The number of nitrogens with one attached hydrogen (secondary N) is 1. The van der Waals surface area contributed by atoms with Gasteiger partial charge >= 0.3 is 5.97 Å². The van der Waals surface area contributed by atoms with E-state index in [1.807, 2.05) is 11.5 Å². The summed E-state index contributed by atoms with van der Waals surface area (Å²) in [6.45, 7) is 2.64. The molecule has 9 heteroatoms. The zero-order valence-corrected chi connectivity index (χ0v) is 13.1. The highest BCUT2D eigenvalue weighted by atomic mass is 16.6. The smallest absolute Gasteiger partial charge is 0.335 e. The van der Waals surface area contributed by atoms with Gasteiger partial charge in [-0.25, -0.2) is 4.79 Å². The van der Waals surface area contributed by atoms with E-state index >= 15 is 0 Å². The lowest BCUT2D eigenvalue weighted by Crippen LogP contribution is -2.18. The number of nitro groups is 1. The van der Waals surface area contributed by atoms with Crippen LogP contribution in [-0.2, 0) is 13.0 Å². The number of aromatic carboxylic acids is 1. The molecule has 1 unspecified atom stereocenters. The fourth-order valence-electron chi connectivity index (χ4n) is 2.89. The lowest BCUT2D eigenvalue weighted by molar-refractivity contribution is -0.384. The second-order valence-electron chi connectivity index (χ2n) is 5.74. The SMILES string of the molecule is CC(Nc1cc(C(=O)O)ccc1[N+](=O)[O-])c1nnc2n1CCCC2. The Labute approximate surface area is 137 Å². The highest BCUT2D eigenvalue weighted by Crippen LogP contribution is 2.29. The van der Waals surface area contributed by atoms with Crippen LogP contribution in [0, 0.1) is 10.1 Å². The molecule has 9 nitrogen and oxygen atoms in total. The van der Waals surface area contributed by atoms with Gasteiger partial charge < -0.3 is 15.0 Å². The molecular weight excluding hydrogens is 314 g/mol. The molecule has 0 amide bonds. The number of fused-ring (bicyclic) bond motifs is 1. The standard InChI is InChI=1S/C15H17N5O4/c1-9(14-18-17-13-4-2-3-7-19(13)14)16-11-8-10(15(21)22)5-6-12(11)20(23)24/h5-6,8-9,16H,2-4,7H2,1H3,(H,21,22). The van der Waals surface area contributed by atoms with Crippen molar-refractivity contribution in [2.75, 3.05) is 5.32 Å². The number of nitro benzene ring substituents is 1. The van der Waals surface area contributed by atoms with Crippen LogP contribution in [-0.4, -0.2) is 30.8 Å². The summed E-state index contributed by atoms with van der Waals surface area (Å²) in [6.07, 6.45) is 2.99. The number of carboxylic acids is 1. The minimum absolute atomic E-state index is 0.0152. The number of anilines is 1. The fourth-order valence-corrected chi connectivity index (χ4v) is 2.89. The van der Waals surface area contributed by atoms with Gasteiger partial charge in [-0.3, -0.25) is 10.1 Å². The average molecular weight is 331 g/mol. The molecule has 1 atom stereocenters. The van der Waals surface area contributed by atoms with E-state index in [0.29, 0.717) is 5.82 Å². The van der Waals surface area contributed by atoms with Crippen molar-refractivity contribution in [3.63, 3.8) is 0 Å². The quantitative estimate of drug-likeness (QED) is 0.637. The Morgan fingerprint density at radius 2 is 2.21 bits per heavy atom. The topological polar surface area (TPSA) is 123 Å². The van der Waals surface area contributed by atoms with Gasteiger partial charge in [-0.2, -0.15) is 0 Å². The molecular formula is C15H17N5O4. The number of rotatable bonds is 5. The monoisotopic (exact) mass is 331 g/mol. The minimum Gasteiger partial charge on any atom is -0.478 e. The molecule has 0 fully saturated rings. The first kappa shape index (κ1) is 15.9. The highest BCUT2D eigenvalue weighted by Gasteiger charge is 2.23. The lowest BCUT2D eigenvalue weighted by Gasteiger charge is -2.19. The predicted octanol–water partition coefficient (Wildman–Crippen LogP) is 2.39. The number of aryl methyl sites for hydroxylation is 1. The second kappa shape index (κ2) is 6.26. The van der Waals surface area contributed by atoms with Crippen LogP contribution in [0.3, 0.4) is 0 Å². The Balaban J connectivity index is 1.92. The van der Waals surface area contributed by atoms with E-state index in [-0.39, 0.29) is 23.0 Å². The van der Waals surface area contributed by atoms with E-state index in [4.69, 9.17) is 5.11 Å². The van der Waals surface area contributed by atoms with Gasteiger partial charge in [-0.1, -0.05) is 0 Å². The number of carboxylic acid groups (broad SMARTS) is 1. The maximum atomic E-state index is 11.2. The molecule has 0 saturated heterocycles. The van der Waals surface area contributed by atoms with E-state index in [1.54, 1.807) is 0 Å². The van der Waals surface area contributed by atoms with Gasteiger partial charge in [0.1, 0.15) is 11.5 Å². The zero-order valence-electron chi connectivity index (χ0n) is 13.1. The van der Waals surface area contributed by atoms with Crippen molar-refractivity contribution in [3.8, 4) is 0 Å². The highest BCUT2D eigenvalue weighted by molar-refractivity contribution is 5.90. The van der Waals surface area contributed by atoms with Crippen molar-refractivity contribution >= 4 is 17.3 Å². The van der Waals surface area contributed by atoms with Gasteiger partial charge in [-0.05, 0) is 31.9 Å². The summed E-state index contributed by atoms with van der Waals surface area (Å²) in [5.74, 6) is 0.471. The number of hydrogen-bond acceptors (Lipinski definition) is 6. The second-order valence-corrected chi connectivity index (χ2v) is 5.74. The summed E-state index contributed by atoms with van der Waals surface area (Å²) in [6, 6.07) is 3.34. The third kappa shape index (κ3) is 2.92. The number of carbonyl (C=O) groups is 1. The molecule has 0 spiro atoms. The molecule has 0 bridgehead atoms. The zero-order chi connectivity index (χ0) is 17.3. The summed E-state index contributed by atoms with van der Waals surface area (Å²) in [5.41, 5.74) is -0.0376. The van der Waals surface area contributed by atoms with Crippen LogP contribution in [0.25, 0.3) is 0 Å². The Hall–Kier alpha value is -2.97. The normalized spacial score (nSPS) is 14.7. The molecule has 2 aromatic rings. The molecule has 1 aromatic heterocycles. The van der Waals surface area contributed by atoms with Crippen molar-refractivity contribution in [1.82, 2.24) is 14.8 Å². The van der Waals surface area contributed by atoms with Gasteiger partial charge in [0.05, 0.1) is 16.5 Å². The lowest BCUT2D eigenvalue weighted by atomic mass is 10.1. The van der Waals surface area contributed by atoms with Crippen LogP contribution >= 0.6 is 0 Å². The van der Waals surface area contributed by atoms with Gasteiger partial charge in [0.2, 0.25) is 0 Å². The largest absolute Gasteiger partial charge is 0.478 e. The van der Waals surface area contributed by atoms with Crippen molar-refractivity contribution in [1.29, 1.82) is 0 Å². The van der Waals surface area contributed by atoms with E-state index < -0.39 is 10.9 Å². The molecule has 1 aliphatic heterocycles. The first-order valence-corrected chi connectivity index (χ1v) is 7.67. The summed E-state index contributed by atoms with van der Waals surface area (Å²) in [5, 5.41) is 31.6. The number of aromatic nitrogens is 3. The molecule has 2 N–H and O–H groups in total. The Morgan fingerprint density at radius 3 is 2.92 bits per heavy atom. The van der Waals surface area contributed by atoms with Crippen molar-refractivity contribution in [3.05, 3.63) is 45.5 Å². The Kier molecular flexibility index (Phi) is 4.15. The minimum atomic E-state index is -1.14. The fraction of sp³-hybridized carbons (Fsp3) is 0.400. The van der Waals surface area contributed by atoms with Crippen LogP contribution < -0.4 is 5.32 Å². The molecule has 126 valence electrons. The average Bonchev–Trinajstić information content (AvgIpc) is 2.98. The van der Waals surface area contributed by atoms with E-state index in [9.17, 15) is 14.9 Å². The third-order valence-corrected chi connectivity index (χ3v) is 4.09. The van der Waals surface area contributed by atoms with Crippen LogP contribution in [0.15, 0.2) is 18.2 Å². The van der Waals surface area contributed by atoms with Gasteiger partial charge in [0, 0.05) is 19.0 Å². The summed E-state index contributed by atoms with van der Waals surface area (Å²) in [4.78, 5) is 21.8. The molecule has 1 aromatic carbocycles. The van der Waals surface area contributed by atoms with Crippen molar-refractivity contribution in [2.24, 2.45) is 0 Å². The van der Waals surface area contributed by atoms with E-state index in [1.165, 1.54) is 18.2 Å². The maximum absolute atomic E-state index is 11.2. The third-order valence-electron chi connectivity index (χ3n) is 4.09. The maximum Gasteiger partial charge on any atom is 0.335 e. The van der Waals surface area contributed by atoms with Gasteiger partial charge in [-0.15, -0.1) is 10.2 Å². The van der Waals surface area contributed by atoms with Crippen molar-refractivity contribution < 1.29 is 14.8 Å². The Bertz CT molecular complexity index is 801. The molecule has 24 heavy (non-hydrogen) atoms. The number of nitrogens with zero attached hydrogens (tertiary/aromatic N) is 4. The molecule has 3 rings (SSSR count). The first-order valence-electron chi connectivity index (χ1n) is 7.67. The number of benzene rings is 1.